The average Bonchev–Trinajstić information content (AvgIpc) is 2.59. The molecule has 1 fully saturated rings. The summed E-state index contributed by atoms with van der Waals surface area (Å²) >= 11 is 0. The molecule has 80 valence electrons. The molecule has 0 saturated carbocycles. The minimum atomic E-state index is -0.0588. The van der Waals surface area contributed by atoms with Crippen LogP contribution in [0.5, 0.6) is 0 Å². The van der Waals surface area contributed by atoms with Crippen molar-refractivity contribution in [3.63, 3.8) is 0 Å². The molecule has 1 heterocycles. The van der Waals surface area contributed by atoms with Gasteiger partial charge in [0, 0.05) is 19.5 Å². The lowest BCUT2D eigenvalue weighted by atomic mass is 10.0. The van der Waals surface area contributed by atoms with Gasteiger partial charge in [0.25, 0.3) is 0 Å². The Kier molecular flexibility index (Phi) is 2.84. The monoisotopic (exact) mass is 204 g/mol. The maximum absolute atomic E-state index is 11.7. The fourth-order valence-electron chi connectivity index (χ4n) is 2.13. The second-order valence-corrected chi connectivity index (χ2v) is 4.05. The summed E-state index contributed by atoms with van der Waals surface area (Å²) < 4.78 is 0. The van der Waals surface area contributed by atoms with E-state index in [4.69, 9.17) is 5.73 Å². The number of carbonyl (C=O) groups excluding carboxylic acids is 1. The van der Waals surface area contributed by atoms with E-state index in [9.17, 15) is 4.79 Å². The molecule has 2 rings (SSSR count). The Morgan fingerprint density at radius 3 is 2.93 bits per heavy atom. The van der Waals surface area contributed by atoms with Gasteiger partial charge in [0.05, 0.1) is 6.04 Å². The summed E-state index contributed by atoms with van der Waals surface area (Å²) in [5.74, 6) is 0.312. The molecule has 2 N–H and O–H groups in total. The lowest BCUT2D eigenvalue weighted by Crippen LogP contribution is -2.21. The summed E-state index contributed by atoms with van der Waals surface area (Å²) in [5, 5.41) is 0. The first kappa shape index (κ1) is 10.3. The Labute approximate surface area is 89.9 Å². The third-order valence-corrected chi connectivity index (χ3v) is 2.96. The molecule has 15 heavy (non-hydrogen) atoms. The van der Waals surface area contributed by atoms with E-state index in [1.807, 2.05) is 31.3 Å². The van der Waals surface area contributed by atoms with Crippen LogP contribution in [0.15, 0.2) is 24.3 Å². The van der Waals surface area contributed by atoms with E-state index >= 15 is 0 Å². The molecule has 0 bridgehead atoms. The molecule has 0 amide bonds. The minimum absolute atomic E-state index is 0.0588. The van der Waals surface area contributed by atoms with Crippen molar-refractivity contribution in [1.82, 2.24) is 4.90 Å². The summed E-state index contributed by atoms with van der Waals surface area (Å²) in [6.07, 6.45) is 0.661. The maximum atomic E-state index is 11.7. The van der Waals surface area contributed by atoms with Crippen molar-refractivity contribution in [3.8, 4) is 0 Å². The molecular formula is C12H16N2O. The van der Waals surface area contributed by atoms with Crippen molar-refractivity contribution < 1.29 is 4.79 Å². The van der Waals surface area contributed by atoms with Gasteiger partial charge in [-0.05, 0) is 18.2 Å². The van der Waals surface area contributed by atoms with Crippen molar-refractivity contribution in [2.45, 2.75) is 19.0 Å². The van der Waals surface area contributed by atoms with E-state index < -0.39 is 0 Å². The Morgan fingerprint density at radius 2 is 2.33 bits per heavy atom. The summed E-state index contributed by atoms with van der Waals surface area (Å²) in [5.41, 5.74) is 7.74. The van der Waals surface area contributed by atoms with Crippen LogP contribution in [-0.4, -0.2) is 24.3 Å². The lowest BCUT2D eigenvalue weighted by Gasteiger charge is -2.18. The molecule has 1 aliphatic rings. The summed E-state index contributed by atoms with van der Waals surface area (Å²) in [4.78, 5) is 13.8. The molecule has 1 aliphatic heterocycles. The van der Waals surface area contributed by atoms with E-state index in [1.54, 1.807) is 0 Å². The van der Waals surface area contributed by atoms with Crippen LogP contribution in [0.2, 0.25) is 0 Å². The third kappa shape index (κ3) is 1.94. The number of hydrogen-bond acceptors (Lipinski definition) is 3. The van der Waals surface area contributed by atoms with Gasteiger partial charge in [-0.3, -0.25) is 9.69 Å². The number of hydrogen-bond donors (Lipinski definition) is 1. The van der Waals surface area contributed by atoms with E-state index in [2.05, 4.69) is 4.90 Å². The zero-order chi connectivity index (χ0) is 10.8. The number of likely N-dealkylation sites (N-methyl/N-ethyl adjacent to an activating group) is 1. The Hall–Kier alpha value is -1.19. The van der Waals surface area contributed by atoms with Gasteiger partial charge in [-0.25, -0.2) is 0 Å². The van der Waals surface area contributed by atoms with Crippen molar-refractivity contribution in [1.29, 1.82) is 0 Å². The van der Waals surface area contributed by atoms with Crippen molar-refractivity contribution in [2.75, 3.05) is 13.6 Å². The highest BCUT2D eigenvalue weighted by molar-refractivity contribution is 5.87. The van der Waals surface area contributed by atoms with Crippen molar-refractivity contribution in [2.24, 2.45) is 5.73 Å². The number of likely N-dealkylation sites (tertiary alicyclic amines) is 1. The van der Waals surface area contributed by atoms with Gasteiger partial charge in [0.2, 0.25) is 0 Å². The highest BCUT2D eigenvalue weighted by Gasteiger charge is 2.30. The van der Waals surface area contributed by atoms with Crippen LogP contribution in [0.1, 0.15) is 23.6 Å². The number of nitrogens with zero attached hydrogens (tertiary/aromatic N) is 1. The molecule has 0 aromatic heterocycles. The number of benzene rings is 1. The normalized spacial score (nSPS) is 22.3. The van der Waals surface area contributed by atoms with Crippen LogP contribution in [0, 0.1) is 0 Å². The standard InChI is InChI=1S/C12H16N2O/c1-14-6-5-11(15)12(14)10-4-2-3-9(7-10)8-13/h2-4,7,12H,5-6,8,13H2,1H3. The fourth-order valence-corrected chi connectivity index (χ4v) is 2.13. The number of nitrogens with two attached hydrogens (primary N) is 1. The zero-order valence-electron chi connectivity index (χ0n) is 8.94. The number of carbonyl (C=O) groups is 1. The quantitative estimate of drug-likeness (QED) is 0.784. The molecule has 0 spiro atoms. The largest absolute Gasteiger partial charge is 0.326 e. The van der Waals surface area contributed by atoms with Crippen LogP contribution >= 0.6 is 0 Å². The molecule has 1 unspecified atom stereocenters. The van der Waals surface area contributed by atoms with E-state index in [0.717, 1.165) is 17.7 Å². The van der Waals surface area contributed by atoms with Crippen LogP contribution in [0.4, 0.5) is 0 Å². The topological polar surface area (TPSA) is 46.3 Å². The van der Waals surface area contributed by atoms with Gasteiger partial charge >= 0.3 is 0 Å². The Balaban J connectivity index is 2.31. The van der Waals surface area contributed by atoms with Gasteiger partial charge in [0.1, 0.15) is 0 Å². The SMILES string of the molecule is CN1CCC(=O)C1c1cccc(CN)c1. The van der Waals surface area contributed by atoms with E-state index in [-0.39, 0.29) is 6.04 Å². The summed E-state index contributed by atoms with van der Waals surface area (Å²) in [6.45, 7) is 1.38. The molecule has 3 nitrogen and oxygen atoms in total. The highest BCUT2D eigenvalue weighted by atomic mass is 16.1. The Bertz CT molecular complexity index is 376. The number of ketones is 1. The maximum Gasteiger partial charge on any atom is 0.155 e. The van der Waals surface area contributed by atoms with Crippen LogP contribution in [0.3, 0.4) is 0 Å². The smallest absolute Gasteiger partial charge is 0.155 e. The van der Waals surface area contributed by atoms with Gasteiger partial charge < -0.3 is 5.73 Å². The molecular weight excluding hydrogens is 188 g/mol. The molecule has 0 radical (unpaired) electrons. The molecule has 0 aliphatic carbocycles. The van der Waals surface area contributed by atoms with Crippen molar-refractivity contribution in [3.05, 3.63) is 35.4 Å². The predicted molar refractivity (Wildman–Crippen MR) is 59.3 cm³/mol. The summed E-state index contributed by atoms with van der Waals surface area (Å²) in [6, 6.07) is 7.94. The molecule has 3 heteroatoms. The summed E-state index contributed by atoms with van der Waals surface area (Å²) in [7, 11) is 1.99. The minimum Gasteiger partial charge on any atom is -0.326 e. The van der Waals surface area contributed by atoms with Gasteiger partial charge in [0.15, 0.2) is 5.78 Å². The average molecular weight is 204 g/mol. The first-order valence-electron chi connectivity index (χ1n) is 5.24. The van der Waals surface area contributed by atoms with E-state index in [1.165, 1.54) is 0 Å². The van der Waals surface area contributed by atoms with Gasteiger partial charge in [-0.15, -0.1) is 0 Å². The number of Topliss-reactive ketones (excluding diaryl/α,β-unsaturated/α-hetero) is 1. The number of rotatable bonds is 2. The van der Waals surface area contributed by atoms with Crippen LogP contribution < -0.4 is 5.73 Å². The fraction of sp³-hybridized carbons (Fsp3) is 0.417. The Morgan fingerprint density at radius 1 is 1.53 bits per heavy atom. The van der Waals surface area contributed by atoms with Crippen molar-refractivity contribution >= 4 is 5.78 Å². The zero-order valence-corrected chi connectivity index (χ0v) is 8.94. The van der Waals surface area contributed by atoms with E-state index in [0.29, 0.717) is 18.7 Å². The molecule has 1 aromatic rings. The highest BCUT2D eigenvalue weighted by Crippen LogP contribution is 2.27. The lowest BCUT2D eigenvalue weighted by molar-refractivity contribution is -0.119. The first-order valence-corrected chi connectivity index (χ1v) is 5.24. The molecule has 1 saturated heterocycles. The molecule has 1 aromatic carbocycles. The second kappa shape index (κ2) is 4.13. The van der Waals surface area contributed by atoms with Gasteiger partial charge in [-0.2, -0.15) is 0 Å². The predicted octanol–water partition coefficient (Wildman–Crippen LogP) is 1.09. The van der Waals surface area contributed by atoms with Crippen LogP contribution in [-0.2, 0) is 11.3 Å². The van der Waals surface area contributed by atoms with Gasteiger partial charge in [-0.1, -0.05) is 24.3 Å². The molecule has 1 atom stereocenters. The second-order valence-electron chi connectivity index (χ2n) is 4.05. The van der Waals surface area contributed by atoms with Crippen LogP contribution in [0.25, 0.3) is 0 Å². The third-order valence-electron chi connectivity index (χ3n) is 2.96. The first-order chi connectivity index (χ1) is 7.22.